The number of benzene rings is 3. The lowest BCUT2D eigenvalue weighted by atomic mass is 9.95. The Labute approximate surface area is 248 Å². The monoisotopic (exact) mass is 612 g/mol. The van der Waals surface area contributed by atoms with Gasteiger partial charge in [0, 0.05) is 21.2 Å². The summed E-state index contributed by atoms with van der Waals surface area (Å²) in [5.41, 5.74) is 2.05. The van der Waals surface area contributed by atoms with E-state index in [2.05, 4.69) is 4.99 Å². The normalized spacial score (nSPS) is 14.9. The summed E-state index contributed by atoms with van der Waals surface area (Å²) in [6.45, 7) is 1.87. The fourth-order valence-corrected chi connectivity index (χ4v) is 5.95. The van der Waals surface area contributed by atoms with Crippen LogP contribution in [0.15, 0.2) is 81.7 Å². The third kappa shape index (κ3) is 5.79. The molecule has 0 unspecified atom stereocenters. The van der Waals surface area contributed by atoms with E-state index in [1.807, 2.05) is 0 Å². The predicted molar refractivity (Wildman–Crippen MR) is 156 cm³/mol. The minimum atomic E-state index is -0.900. The van der Waals surface area contributed by atoms with Gasteiger partial charge in [-0.15, -0.1) is 0 Å². The number of allylic oxidation sites excluding steroid dienone is 1. The number of esters is 1. The van der Waals surface area contributed by atoms with Crippen molar-refractivity contribution in [2.45, 2.75) is 19.6 Å². The smallest absolute Gasteiger partial charge is 0.338 e. The SMILES string of the molecule is COC(=O)C1=C(C)N=c2s/c(=C\c3cc(Cl)ccc3OCc3ccc(F)cc3)c(=O)n2[C@H]1c1cc(Cl)ccc1OC. The molecule has 0 aliphatic carbocycles. The quantitative estimate of drug-likeness (QED) is 0.260. The third-order valence-corrected chi connectivity index (χ3v) is 7.93. The maximum atomic E-state index is 14.0. The van der Waals surface area contributed by atoms with Gasteiger partial charge in [-0.05, 0) is 67.1 Å². The second-order valence-electron chi connectivity index (χ2n) is 9.06. The summed E-state index contributed by atoms with van der Waals surface area (Å²) in [4.78, 5) is 31.9. The van der Waals surface area contributed by atoms with E-state index in [9.17, 15) is 14.0 Å². The van der Waals surface area contributed by atoms with Crippen LogP contribution >= 0.6 is 34.5 Å². The average Bonchev–Trinajstić information content (AvgIpc) is 3.26. The van der Waals surface area contributed by atoms with Crippen molar-refractivity contribution in [3.63, 3.8) is 0 Å². The second kappa shape index (κ2) is 11.9. The molecule has 0 radical (unpaired) electrons. The highest BCUT2D eigenvalue weighted by atomic mass is 35.5. The zero-order valence-corrected chi connectivity index (χ0v) is 24.4. The van der Waals surface area contributed by atoms with Crippen LogP contribution in [-0.4, -0.2) is 24.8 Å². The largest absolute Gasteiger partial charge is 0.496 e. The highest BCUT2D eigenvalue weighted by Crippen LogP contribution is 2.37. The first-order chi connectivity index (χ1) is 19.7. The molecule has 7 nitrogen and oxygen atoms in total. The first-order valence-corrected chi connectivity index (χ1v) is 13.9. The van der Waals surface area contributed by atoms with Crippen molar-refractivity contribution in [2.24, 2.45) is 4.99 Å². The summed E-state index contributed by atoms with van der Waals surface area (Å²) in [5, 5.41) is 0.854. The fraction of sp³-hybridized carbons (Fsp3) is 0.167. The molecule has 0 fully saturated rings. The molecular weight excluding hydrogens is 590 g/mol. The molecule has 0 N–H and O–H groups in total. The summed E-state index contributed by atoms with van der Waals surface area (Å²) >= 11 is 13.8. The molecule has 210 valence electrons. The number of rotatable bonds is 7. The van der Waals surface area contributed by atoms with Gasteiger partial charge in [-0.25, -0.2) is 14.2 Å². The highest BCUT2D eigenvalue weighted by molar-refractivity contribution is 7.07. The van der Waals surface area contributed by atoms with Crippen LogP contribution in [0.2, 0.25) is 10.0 Å². The Morgan fingerprint density at radius 1 is 1.05 bits per heavy atom. The average molecular weight is 613 g/mol. The van der Waals surface area contributed by atoms with Crippen molar-refractivity contribution in [2.75, 3.05) is 14.2 Å². The van der Waals surface area contributed by atoms with Crippen LogP contribution in [0.4, 0.5) is 4.39 Å². The molecule has 1 aromatic heterocycles. The minimum absolute atomic E-state index is 0.181. The van der Waals surface area contributed by atoms with Crippen molar-refractivity contribution in [3.8, 4) is 11.5 Å². The number of fused-ring (bicyclic) bond motifs is 1. The standard InChI is InChI=1S/C30H23Cl2FN2O5S/c1-16-26(29(37)39-3)27(22-14-20(32)7-11-24(22)38-2)35-28(36)25(41-30(35)34-16)13-18-12-19(31)6-10-23(18)40-15-17-4-8-21(33)9-5-17/h4-14,27H,15H2,1-3H3/b25-13-/t27-/m0/s1. The van der Waals surface area contributed by atoms with Gasteiger partial charge in [-0.1, -0.05) is 46.7 Å². The third-order valence-electron chi connectivity index (χ3n) is 6.48. The lowest BCUT2D eigenvalue weighted by Crippen LogP contribution is -2.40. The number of carbonyl (C=O) groups is 1. The van der Waals surface area contributed by atoms with Crippen molar-refractivity contribution in [1.29, 1.82) is 0 Å². The highest BCUT2D eigenvalue weighted by Gasteiger charge is 2.35. The van der Waals surface area contributed by atoms with E-state index in [-0.39, 0.29) is 23.6 Å². The summed E-state index contributed by atoms with van der Waals surface area (Å²) in [6.07, 6.45) is 1.67. The molecule has 0 saturated carbocycles. The summed E-state index contributed by atoms with van der Waals surface area (Å²) in [6, 6.07) is 15.1. The number of ether oxygens (including phenoxy) is 3. The van der Waals surface area contributed by atoms with Gasteiger partial charge in [0.05, 0.1) is 30.0 Å². The molecule has 1 atom stereocenters. The molecular formula is C30H23Cl2FN2O5S. The molecule has 5 rings (SSSR count). The van der Waals surface area contributed by atoms with E-state index in [1.54, 1.807) is 61.5 Å². The Morgan fingerprint density at radius 3 is 2.41 bits per heavy atom. The molecule has 4 aromatic rings. The van der Waals surface area contributed by atoms with E-state index in [0.717, 1.165) is 16.9 Å². The van der Waals surface area contributed by atoms with E-state index in [1.165, 1.54) is 30.9 Å². The van der Waals surface area contributed by atoms with Crippen LogP contribution in [-0.2, 0) is 16.1 Å². The summed E-state index contributed by atoms with van der Waals surface area (Å²) < 4.78 is 31.7. The van der Waals surface area contributed by atoms with E-state index in [0.29, 0.717) is 47.7 Å². The molecule has 41 heavy (non-hydrogen) atoms. The molecule has 2 heterocycles. The summed E-state index contributed by atoms with van der Waals surface area (Å²) in [7, 11) is 2.77. The number of halogens is 3. The maximum absolute atomic E-state index is 14.0. The van der Waals surface area contributed by atoms with Gasteiger partial charge in [-0.2, -0.15) is 0 Å². The van der Waals surface area contributed by atoms with Gasteiger partial charge in [0.2, 0.25) is 0 Å². The fourth-order valence-electron chi connectivity index (χ4n) is 4.55. The maximum Gasteiger partial charge on any atom is 0.338 e. The molecule has 3 aromatic carbocycles. The van der Waals surface area contributed by atoms with Crippen molar-refractivity contribution in [1.82, 2.24) is 4.57 Å². The molecule has 1 aliphatic heterocycles. The molecule has 0 saturated heterocycles. The van der Waals surface area contributed by atoms with E-state index >= 15 is 0 Å². The second-order valence-corrected chi connectivity index (χ2v) is 10.9. The first kappa shape index (κ1) is 28.6. The summed E-state index contributed by atoms with van der Waals surface area (Å²) in [5.74, 6) is -0.0464. The predicted octanol–water partition coefficient (Wildman–Crippen LogP) is 5.44. The molecule has 0 spiro atoms. The van der Waals surface area contributed by atoms with E-state index in [4.69, 9.17) is 37.4 Å². The number of hydrogen-bond donors (Lipinski definition) is 0. The van der Waals surface area contributed by atoms with Crippen LogP contribution in [0.25, 0.3) is 6.08 Å². The zero-order valence-electron chi connectivity index (χ0n) is 22.1. The van der Waals surface area contributed by atoms with Gasteiger partial charge < -0.3 is 14.2 Å². The number of nitrogens with zero attached hydrogens (tertiary/aromatic N) is 2. The van der Waals surface area contributed by atoms with Crippen LogP contribution in [0, 0.1) is 5.82 Å². The topological polar surface area (TPSA) is 79.1 Å². The van der Waals surface area contributed by atoms with Crippen LogP contribution < -0.4 is 24.4 Å². The molecule has 0 bridgehead atoms. The van der Waals surface area contributed by atoms with Gasteiger partial charge in [-0.3, -0.25) is 9.36 Å². The van der Waals surface area contributed by atoms with Gasteiger partial charge >= 0.3 is 5.97 Å². The molecule has 0 amide bonds. The first-order valence-electron chi connectivity index (χ1n) is 12.3. The number of hydrogen-bond acceptors (Lipinski definition) is 7. The number of carbonyl (C=O) groups excluding carboxylic acids is 1. The number of thiazole rings is 1. The molecule has 1 aliphatic rings. The Bertz CT molecular complexity index is 1870. The van der Waals surface area contributed by atoms with Crippen molar-refractivity contribution >= 4 is 46.6 Å². The zero-order chi connectivity index (χ0) is 29.3. The minimum Gasteiger partial charge on any atom is -0.496 e. The molecule has 11 heteroatoms. The lowest BCUT2D eigenvalue weighted by molar-refractivity contribution is -0.136. The Hall–Kier alpha value is -3.92. The number of aromatic nitrogens is 1. The Balaban J connectivity index is 1.66. The van der Waals surface area contributed by atoms with Crippen LogP contribution in [0.3, 0.4) is 0 Å². The Kier molecular flexibility index (Phi) is 8.30. The van der Waals surface area contributed by atoms with Crippen LogP contribution in [0.5, 0.6) is 11.5 Å². The van der Waals surface area contributed by atoms with Gasteiger partial charge in [0.15, 0.2) is 4.80 Å². The van der Waals surface area contributed by atoms with Gasteiger partial charge in [0.25, 0.3) is 5.56 Å². The Morgan fingerprint density at radius 2 is 1.73 bits per heavy atom. The van der Waals surface area contributed by atoms with Crippen molar-refractivity contribution in [3.05, 3.63) is 124 Å². The number of methoxy groups -OCH3 is 2. The van der Waals surface area contributed by atoms with E-state index < -0.39 is 12.0 Å². The lowest BCUT2D eigenvalue weighted by Gasteiger charge is -2.25. The van der Waals surface area contributed by atoms with Crippen molar-refractivity contribution < 1.29 is 23.4 Å². The van der Waals surface area contributed by atoms with Crippen LogP contribution in [0.1, 0.15) is 29.7 Å². The van der Waals surface area contributed by atoms with Gasteiger partial charge in [0.1, 0.15) is 30.0 Å².